The molecule has 21 heavy (non-hydrogen) atoms. The van der Waals surface area contributed by atoms with Gasteiger partial charge in [0.2, 0.25) is 0 Å². The average molecular weight is 322 g/mol. The number of benzene rings is 1. The van der Waals surface area contributed by atoms with Gasteiger partial charge in [0.25, 0.3) is 0 Å². The second-order valence-electron chi connectivity index (χ2n) is 4.75. The van der Waals surface area contributed by atoms with Crippen LogP contribution in [0.15, 0.2) is 30.3 Å². The molecule has 1 aromatic rings. The number of thioether (sulfide) groups is 1. The van der Waals surface area contributed by atoms with Crippen molar-refractivity contribution in [2.24, 2.45) is 0 Å². The van der Waals surface area contributed by atoms with Crippen molar-refractivity contribution in [1.29, 1.82) is 0 Å². The molecule has 0 heterocycles. The third kappa shape index (κ3) is 6.91. The van der Waals surface area contributed by atoms with E-state index in [-0.39, 0.29) is 5.78 Å². The highest BCUT2D eigenvalue weighted by Crippen LogP contribution is 2.11. The summed E-state index contributed by atoms with van der Waals surface area (Å²) in [6.07, 6.45) is 4.05. The number of allylic oxidation sites excluding steroid dienone is 1. The molecule has 0 aliphatic carbocycles. The van der Waals surface area contributed by atoms with E-state index in [1.807, 2.05) is 30.3 Å². The Labute approximate surface area is 137 Å². The van der Waals surface area contributed by atoms with E-state index >= 15 is 0 Å². The molecule has 0 aliphatic rings. The average Bonchev–Trinajstić information content (AvgIpc) is 2.48. The molecule has 0 aliphatic heterocycles. The normalized spacial score (nSPS) is 10.8. The zero-order valence-electron chi connectivity index (χ0n) is 13.0. The SMILES string of the molecule is CCN(CC)C(=S)SCCC(=O)C=Cc1ccc(C)cc1. The molecule has 0 unspecified atom stereocenters. The van der Waals surface area contributed by atoms with Crippen LogP contribution < -0.4 is 0 Å². The van der Waals surface area contributed by atoms with Crippen molar-refractivity contribution in [2.45, 2.75) is 27.2 Å². The van der Waals surface area contributed by atoms with E-state index in [1.165, 1.54) is 5.56 Å². The van der Waals surface area contributed by atoms with Crippen LogP contribution in [0.4, 0.5) is 0 Å². The Morgan fingerprint density at radius 2 is 1.86 bits per heavy atom. The second-order valence-corrected chi connectivity index (χ2v) is 6.48. The van der Waals surface area contributed by atoms with E-state index in [0.29, 0.717) is 6.42 Å². The predicted molar refractivity (Wildman–Crippen MR) is 97.8 cm³/mol. The molecule has 1 rings (SSSR count). The molecule has 0 N–H and O–H groups in total. The number of rotatable bonds is 7. The van der Waals surface area contributed by atoms with E-state index in [9.17, 15) is 4.79 Å². The summed E-state index contributed by atoms with van der Waals surface area (Å²) < 4.78 is 0.885. The van der Waals surface area contributed by atoms with Gasteiger partial charge in [-0.15, -0.1) is 0 Å². The first kappa shape index (κ1) is 17.9. The zero-order chi connectivity index (χ0) is 15.7. The minimum absolute atomic E-state index is 0.144. The summed E-state index contributed by atoms with van der Waals surface area (Å²) in [4.78, 5) is 13.9. The van der Waals surface area contributed by atoms with Gasteiger partial charge in [-0.2, -0.15) is 0 Å². The topological polar surface area (TPSA) is 20.3 Å². The Balaban J connectivity index is 2.34. The maximum atomic E-state index is 11.8. The molecule has 2 nitrogen and oxygen atoms in total. The fraction of sp³-hybridized carbons (Fsp3) is 0.412. The molecule has 4 heteroatoms. The van der Waals surface area contributed by atoms with E-state index in [2.05, 4.69) is 25.7 Å². The summed E-state index contributed by atoms with van der Waals surface area (Å²) in [5, 5.41) is 0. The highest BCUT2D eigenvalue weighted by Gasteiger charge is 2.06. The van der Waals surface area contributed by atoms with Gasteiger partial charge in [-0.05, 0) is 32.4 Å². The number of carbonyl (C=O) groups excluding carboxylic acids is 1. The Hall–Kier alpha value is -1.13. The zero-order valence-corrected chi connectivity index (χ0v) is 14.6. The smallest absolute Gasteiger partial charge is 0.156 e. The van der Waals surface area contributed by atoms with Crippen molar-refractivity contribution >= 4 is 40.2 Å². The van der Waals surface area contributed by atoms with Gasteiger partial charge in [-0.25, -0.2) is 0 Å². The van der Waals surface area contributed by atoms with Gasteiger partial charge < -0.3 is 4.90 Å². The number of carbonyl (C=O) groups is 1. The molecule has 0 saturated carbocycles. The Morgan fingerprint density at radius 1 is 1.24 bits per heavy atom. The van der Waals surface area contributed by atoms with Gasteiger partial charge in [-0.1, -0.05) is 59.9 Å². The first-order valence-electron chi connectivity index (χ1n) is 7.26. The molecule has 0 radical (unpaired) electrons. The first-order chi connectivity index (χ1) is 10.1. The number of hydrogen-bond acceptors (Lipinski definition) is 3. The summed E-state index contributed by atoms with van der Waals surface area (Å²) in [7, 11) is 0. The van der Waals surface area contributed by atoms with Crippen molar-refractivity contribution < 1.29 is 4.79 Å². The minimum Gasteiger partial charge on any atom is -0.358 e. The largest absolute Gasteiger partial charge is 0.358 e. The van der Waals surface area contributed by atoms with Gasteiger partial charge in [0, 0.05) is 25.3 Å². The van der Waals surface area contributed by atoms with Crippen LogP contribution in [0, 0.1) is 6.92 Å². The standard InChI is InChI=1S/C17H23NOS2/c1-4-18(5-2)17(20)21-13-12-16(19)11-10-15-8-6-14(3)7-9-15/h6-11H,4-5,12-13H2,1-3H3. The van der Waals surface area contributed by atoms with E-state index in [4.69, 9.17) is 12.2 Å². The van der Waals surface area contributed by atoms with Gasteiger partial charge in [0.1, 0.15) is 4.32 Å². The number of aryl methyl sites for hydroxylation is 1. The van der Waals surface area contributed by atoms with E-state index < -0.39 is 0 Å². The van der Waals surface area contributed by atoms with Crippen LogP contribution in [-0.2, 0) is 4.79 Å². The third-order valence-electron chi connectivity index (χ3n) is 3.13. The number of ketones is 1. The fourth-order valence-electron chi connectivity index (χ4n) is 1.76. The van der Waals surface area contributed by atoms with Crippen molar-refractivity contribution in [2.75, 3.05) is 18.8 Å². The van der Waals surface area contributed by atoms with Crippen LogP contribution in [0.25, 0.3) is 6.08 Å². The maximum absolute atomic E-state index is 11.8. The Kier molecular flexibility index (Phi) is 8.31. The van der Waals surface area contributed by atoms with Crippen molar-refractivity contribution in [3.8, 4) is 0 Å². The first-order valence-corrected chi connectivity index (χ1v) is 8.65. The summed E-state index contributed by atoms with van der Waals surface area (Å²) in [6.45, 7) is 8.07. The molecular weight excluding hydrogens is 298 g/mol. The lowest BCUT2D eigenvalue weighted by atomic mass is 10.1. The van der Waals surface area contributed by atoms with Crippen LogP contribution in [0.3, 0.4) is 0 Å². The summed E-state index contributed by atoms with van der Waals surface area (Å²) in [5.74, 6) is 0.886. The number of nitrogens with zero attached hydrogens (tertiary/aromatic N) is 1. The van der Waals surface area contributed by atoms with Crippen LogP contribution in [0.1, 0.15) is 31.4 Å². The molecule has 0 bridgehead atoms. The fourth-order valence-corrected chi connectivity index (χ4v) is 3.19. The quantitative estimate of drug-likeness (QED) is 0.550. The second kappa shape index (κ2) is 9.74. The summed E-state index contributed by atoms with van der Waals surface area (Å²) in [6, 6.07) is 8.12. The molecule has 0 atom stereocenters. The van der Waals surface area contributed by atoms with E-state index in [0.717, 1.165) is 28.7 Å². The molecule has 0 amide bonds. The molecule has 0 saturated heterocycles. The van der Waals surface area contributed by atoms with Crippen LogP contribution in [0.5, 0.6) is 0 Å². The molecule has 0 spiro atoms. The van der Waals surface area contributed by atoms with Crippen molar-refractivity contribution in [3.05, 3.63) is 41.5 Å². The van der Waals surface area contributed by atoms with Crippen LogP contribution in [0.2, 0.25) is 0 Å². The number of hydrogen-bond donors (Lipinski definition) is 0. The van der Waals surface area contributed by atoms with Gasteiger partial charge >= 0.3 is 0 Å². The third-order valence-corrected chi connectivity index (χ3v) is 4.66. The van der Waals surface area contributed by atoms with Crippen LogP contribution in [-0.4, -0.2) is 33.8 Å². The predicted octanol–water partition coefficient (Wildman–Crippen LogP) is 4.33. The van der Waals surface area contributed by atoms with Gasteiger partial charge in [0.15, 0.2) is 5.78 Å². The highest BCUT2D eigenvalue weighted by molar-refractivity contribution is 8.22. The molecule has 0 aromatic heterocycles. The maximum Gasteiger partial charge on any atom is 0.156 e. The summed E-state index contributed by atoms with van der Waals surface area (Å²) in [5.41, 5.74) is 2.28. The molecule has 0 fully saturated rings. The minimum atomic E-state index is 0.144. The molecular formula is C17H23NOS2. The number of thiocarbonyl (C=S) groups is 1. The van der Waals surface area contributed by atoms with Crippen molar-refractivity contribution in [3.63, 3.8) is 0 Å². The van der Waals surface area contributed by atoms with Gasteiger partial charge in [0.05, 0.1) is 0 Å². The van der Waals surface area contributed by atoms with Crippen molar-refractivity contribution in [1.82, 2.24) is 4.90 Å². The van der Waals surface area contributed by atoms with Crippen LogP contribution >= 0.6 is 24.0 Å². The lowest BCUT2D eigenvalue weighted by molar-refractivity contribution is -0.114. The molecule has 1 aromatic carbocycles. The molecule has 114 valence electrons. The monoisotopic (exact) mass is 321 g/mol. The lowest BCUT2D eigenvalue weighted by Gasteiger charge is -2.20. The Morgan fingerprint density at radius 3 is 2.43 bits per heavy atom. The lowest BCUT2D eigenvalue weighted by Crippen LogP contribution is -2.26. The van der Waals surface area contributed by atoms with Gasteiger partial charge in [-0.3, -0.25) is 4.79 Å². The summed E-state index contributed by atoms with van der Waals surface area (Å²) >= 11 is 6.93. The van der Waals surface area contributed by atoms with E-state index in [1.54, 1.807) is 17.8 Å². The Bertz CT molecular complexity index is 490. The highest BCUT2D eigenvalue weighted by atomic mass is 32.2.